The molecule has 0 bridgehead atoms. The maximum Gasteiger partial charge on any atom is 0.236 e. The summed E-state index contributed by atoms with van der Waals surface area (Å²) >= 11 is 0. The number of rotatable bonds is 0. The van der Waals surface area contributed by atoms with Gasteiger partial charge in [-0.3, -0.25) is 9.59 Å². The zero-order valence-electron chi connectivity index (χ0n) is 13.9. The van der Waals surface area contributed by atoms with Crippen LogP contribution in [0.4, 0.5) is 0 Å². The fourth-order valence-electron chi connectivity index (χ4n) is 6.21. The molecule has 0 aromatic heterocycles. The number of carbonyl (C=O) groups is 2. The van der Waals surface area contributed by atoms with E-state index in [1.165, 1.54) is 0 Å². The van der Waals surface area contributed by atoms with Crippen LogP contribution in [-0.4, -0.2) is 60.4 Å². The van der Waals surface area contributed by atoms with Crippen molar-refractivity contribution in [2.24, 2.45) is 0 Å². The minimum Gasteiger partial charge on any atom is -0.368 e. The summed E-state index contributed by atoms with van der Waals surface area (Å²) in [5.74, 6) is -0.880. The highest BCUT2D eigenvalue weighted by molar-refractivity contribution is 6.45. The van der Waals surface area contributed by atoms with Gasteiger partial charge in [0.2, 0.25) is 11.6 Å². The Kier molecular flexibility index (Phi) is 3.14. The Morgan fingerprint density at radius 1 is 0.542 bits per heavy atom. The van der Waals surface area contributed by atoms with Crippen molar-refractivity contribution in [3.63, 3.8) is 0 Å². The lowest BCUT2D eigenvalue weighted by Gasteiger charge is -2.61. The van der Waals surface area contributed by atoms with Crippen molar-refractivity contribution in [3.05, 3.63) is 0 Å². The van der Waals surface area contributed by atoms with Crippen LogP contribution in [0.3, 0.4) is 0 Å². The minimum absolute atomic E-state index is 0.440. The summed E-state index contributed by atoms with van der Waals surface area (Å²) in [7, 11) is 0. The van der Waals surface area contributed by atoms with Gasteiger partial charge in [-0.15, -0.1) is 0 Å². The van der Waals surface area contributed by atoms with Crippen molar-refractivity contribution < 1.29 is 28.5 Å². The average molecular weight is 336 g/mol. The smallest absolute Gasteiger partial charge is 0.236 e. The number of ether oxygens (including phenoxy) is 4. The second kappa shape index (κ2) is 4.87. The molecule has 0 N–H and O–H groups in total. The van der Waals surface area contributed by atoms with Gasteiger partial charge in [0.1, 0.15) is 11.2 Å². The van der Waals surface area contributed by atoms with Crippen LogP contribution in [-0.2, 0) is 28.5 Å². The van der Waals surface area contributed by atoms with Crippen LogP contribution < -0.4 is 0 Å². The van der Waals surface area contributed by atoms with Crippen molar-refractivity contribution in [3.8, 4) is 0 Å². The van der Waals surface area contributed by atoms with Gasteiger partial charge < -0.3 is 18.9 Å². The van der Waals surface area contributed by atoms with Gasteiger partial charge in [-0.1, -0.05) is 0 Å². The molecular formula is C18H24O6. The molecular weight excluding hydrogens is 312 g/mol. The molecule has 6 heteroatoms. The van der Waals surface area contributed by atoms with Crippen molar-refractivity contribution in [2.75, 3.05) is 26.4 Å². The fraction of sp³-hybridized carbons (Fsp3) is 0.889. The van der Waals surface area contributed by atoms with E-state index in [0.717, 1.165) is 25.7 Å². The van der Waals surface area contributed by atoms with Crippen molar-refractivity contribution in [1.29, 1.82) is 0 Å². The summed E-state index contributed by atoms with van der Waals surface area (Å²) in [6, 6.07) is 0. The summed E-state index contributed by atoms with van der Waals surface area (Å²) in [6.45, 7) is 2.14. The molecule has 0 unspecified atom stereocenters. The van der Waals surface area contributed by atoms with E-state index in [2.05, 4.69) is 0 Å². The van der Waals surface area contributed by atoms with E-state index >= 15 is 0 Å². The van der Waals surface area contributed by atoms with Gasteiger partial charge >= 0.3 is 0 Å². The Morgan fingerprint density at radius 3 is 1.21 bits per heavy atom. The first-order chi connectivity index (χ1) is 11.6. The number of carbonyl (C=O) groups excluding carboxylic acids is 2. The first-order valence-electron chi connectivity index (χ1n) is 9.29. The van der Waals surface area contributed by atoms with Crippen LogP contribution in [0.25, 0.3) is 0 Å². The fourth-order valence-corrected chi connectivity index (χ4v) is 6.21. The van der Waals surface area contributed by atoms with Crippen LogP contribution >= 0.6 is 0 Å². The highest BCUT2D eigenvalue weighted by Gasteiger charge is 2.84. The van der Waals surface area contributed by atoms with Crippen LogP contribution in [0, 0.1) is 0 Å². The second-order valence-corrected chi connectivity index (χ2v) is 7.77. The Morgan fingerprint density at radius 2 is 0.917 bits per heavy atom. The van der Waals surface area contributed by atoms with Crippen LogP contribution in [0.2, 0.25) is 0 Å². The topological polar surface area (TPSA) is 71.1 Å². The van der Waals surface area contributed by atoms with E-state index in [1.54, 1.807) is 0 Å². The van der Waals surface area contributed by atoms with Gasteiger partial charge in [0.15, 0.2) is 11.2 Å². The molecule has 5 rings (SSSR count). The lowest BCUT2D eigenvalue weighted by Crippen LogP contribution is -2.84. The zero-order chi connectivity index (χ0) is 16.5. The Balaban J connectivity index is 1.78. The van der Waals surface area contributed by atoms with E-state index < -0.39 is 34.0 Å². The molecule has 0 radical (unpaired) electrons. The molecule has 6 nitrogen and oxygen atoms in total. The number of Topliss-reactive ketones (excluding diaryl/α,β-unsaturated/α-hetero) is 2. The molecule has 1 saturated carbocycles. The van der Waals surface area contributed by atoms with E-state index in [-0.39, 0.29) is 0 Å². The van der Waals surface area contributed by atoms with Gasteiger partial charge in [0, 0.05) is 26.4 Å². The van der Waals surface area contributed by atoms with E-state index in [4.69, 9.17) is 18.9 Å². The molecule has 4 saturated heterocycles. The van der Waals surface area contributed by atoms with E-state index in [0.29, 0.717) is 52.1 Å². The molecule has 0 aromatic rings. The largest absolute Gasteiger partial charge is 0.368 e. The molecule has 24 heavy (non-hydrogen) atoms. The molecule has 4 aliphatic heterocycles. The van der Waals surface area contributed by atoms with Crippen molar-refractivity contribution in [1.82, 2.24) is 0 Å². The summed E-state index contributed by atoms with van der Waals surface area (Å²) < 4.78 is 24.8. The van der Waals surface area contributed by atoms with Crippen molar-refractivity contribution >= 4 is 11.6 Å². The first kappa shape index (κ1) is 15.4. The number of hydrogen-bond donors (Lipinski definition) is 0. The first-order valence-corrected chi connectivity index (χ1v) is 9.29. The quantitative estimate of drug-likeness (QED) is 0.622. The standard InChI is InChI=1S/C18H24O6/c19-13-14(20)16(6-2-10-22-16)18(8-4-12-24-18)17(7-3-11-23-17)15(13)5-1-9-21-15/h1-12H2/t15-,16-,17+,18+/m1/s1. The summed E-state index contributed by atoms with van der Waals surface area (Å²) in [5.41, 5.74) is -4.13. The number of hydrogen-bond acceptors (Lipinski definition) is 6. The third kappa shape index (κ3) is 1.41. The molecule has 132 valence electrons. The van der Waals surface area contributed by atoms with Crippen LogP contribution in [0.5, 0.6) is 0 Å². The monoisotopic (exact) mass is 336 g/mol. The predicted molar refractivity (Wildman–Crippen MR) is 81.7 cm³/mol. The van der Waals surface area contributed by atoms with Gasteiger partial charge in [-0.25, -0.2) is 0 Å². The normalized spacial score (nSPS) is 51.2. The van der Waals surface area contributed by atoms with E-state index in [1.807, 2.05) is 0 Å². The van der Waals surface area contributed by atoms with Crippen LogP contribution in [0.15, 0.2) is 0 Å². The Hall–Kier alpha value is -0.820. The summed E-state index contributed by atoms with van der Waals surface area (Å²) in [4.78, 5) is 26.6. The predicted octanol–water partition coefficient (Wildman–Crippen LogP) is 1.33. The number of fused-ring (bicyclic) bond motifs is 3. The number of ketones is 2. The minimum atomic E-state index is -1.18. The van der Waals surface area contributed by atoms with Gasteiger partial charge in [-0.2, -0.15) is 0 Å². The lowest BCUT2D eigenvalue weighted by atomic mass is 9.52. The lowest BCUT2D eigenvalue weighted by molar-refractivity contribution is -0.303. The molecule has 4 heterocycles. The molecule has 0 amide bonds. The summed E-state index contributed by atoms with van der Waals surface area (Å²) in [5, 5.41) is 0. The second-order valence-electron chi connectivity index (χ2n) is 7.77. The Bertz CT molecular complexity index is 520. The third-order valence-electron chi connectivity index (χ3n) is 6.98. The SMILES string of the molecule is O=C1C(=O)[C@]2(CCCO2)[C@@]2(CCCO2)[C@]2(CCCO2)[C@@]12CCCO2. The highest BCUT2D eigenvalue weighted by Crippen LogP contribution is 2.64. The van der Waals surface area contributed by atoms with Gasteiger partial charge in [0.25, 0.3) is 0 Å². The molecule has 4 atom stereocenters. The maximum atomic E-state index is 13.3. The Labute approximate surface area is 141 Å². The van der Waals surface area contributed by atoms with Crippen LogP contribution in [0.1, 0.15) is 51.4 Å². The summed E-state index contributed by atoms with van der Waals surface area (Å²) in [6.07, 6.45) is 5.72. The molecule has 4 spiro atoms. The molecule has 0 aromatic carbocycles. The highest BCUT2D eigenvalue weighted by atomic mass is 16.6. The molecule has 5 fully saturated rings. The van der Waals surface area contributed by atoms with Gasteiger partial charge in [0.05, 0.1) is 0 Å². The zero-order valence-corrected chi connectivity index (χ0v) is 13.9. The maximum absolute atomic E-state index is 13.3. The molecule has 1 aliphatic carbocycles. The third-order valence-corrected chi connectivity index (χ3v) is 6.98. The van der Waals surface area contributed by atoms with E-state index in [9.17, 15) is 9.59 Å². The molecule has 5 aliphatic rings. The average Bonchev–Trinajstić information content (AvgIpc) is 3.40. The van der Waals surface area contributed by atoms with Crippen molar-refractivity contribution in [2.45, 2.75) is 73.8 Å². The van der Waals surface area contributed by atoms with Gasteiger partial charge in [-0.05, 0) is 51.4 Å².